The van der Waals surface area contributed by atoms with Gasteiger partial charge in [-0.1, -0.05) is 47.5 Å². The monoisotopic (exact) mass is 517 g/mol. The zero-order chi connectivity index (χ0) is 18.5. The van der Waals surface area contributed by atoms with Crippen molar-refractivity contribution < 1.29 is 0 Å². The maximum absolute atomic E-state index is 6.12. The lowest BCUT2D eigenvalue weighted by molar-refractivity contribution is 0.751. The van der Waals surface area contributed by atoms with E-state index in [0.717, 1.165) is 29.3 Å². The Morgan fingerprint density at radius 3 is 2.67 bits per heavy atom. The van der Waals surface area contributed by atoms with Crippen molar-refractivity contribution in [1.29, 1.82) is 0 Å². The van der Waals surface area contributed by atoms with E-state index >= 15 is 0 Å². The van der Waals surface area contributed by atoms with Gasteiger partial charge in [0.2, 0.25) is 0 Å². The molecule has 1 aromatic carbocycles. The smallest absolute Gasteiger partial charge is 0.191 e. The summed E-state index contributed by atoms with van der Waals surface area (Å²) in [5.41, 5.74) is 1.93. The number of fused-ring (bicyclic) bond motifs is 1. The molecule has 0 aliphatic heterocycles. The first-order valence-corrected chi connectivity index (χ1v) is 9.20. The summed E-state index contributed by atoms with van der Waals surface area (Å²) in [4.78, 5) is 9.15. The summed E-state index contributed by atoms with van der Waals surface area (Å²) >= 11 is 12.2. The number of hydrogen-bond donors (Lipinski definition) is 2. The van der Waals surface area contributed by atoms with Crippen LogP contribution in [0, 0.1) is 0 Å². The lowest BCUT2D eigenvalue weighted by atomic mass is 10.1. The average Bonchev–Trinajstić information content (AvgIpc) is 2.91. The molecule has 0 saturated heterocycles. The van der Waals surface area contributed by atoms with E-state index in [1.54, 1.807) is 0 Å². The molecule has 0 unspecified atom stereocenters. The Bertz CT molecular complexity index is 934. The number of halogens is 3. The van der Waals surface area contributed by atoms with Crippen molar-refractivity contribution in [2.24, 2.45) is 12.0 Å². The maximum atomic E-state index is 6.12. The first kappa shape index (κ1) is 21.8. The fraction of sp³-hybridized carbons (Fsp3) is 0.263. The molecule has 0 fully saturated rings. The van der Waals surface area contributed by atoms with Crippen molar-refractivity contribution in [3.8, 4) is 0 Å². The van der Waals surface area contributed by atoms with Gasteiger partial charge in [-0.2, -0.15) is 0 Å². The van der Waals surface area contributed by atoms with Crippen molar-refractivity contribution in [1.82, 2.24) is 20.2 Å². The number of hydrogen-bond acceptors (Lipinski definition) is 2. The van der Waals surface area contributed by atoms with Crippen LogP contribution in [0.1, 0.15) is 18.3 Å². The zero-order valence-corrected chi connectivity index (χ0v) is 19.0. The van der Waals surface area contributed by atoms with E-state index in [1.165, 1.54) is 5.39 Å². The van der Waals surface area contributed by atoms with Gasteiger partial charge in [-0.25, -0.2) is 4.99 Å². The standard InChI is InChI=1S/C19H21Cl2N5.HI/c1-3-22-19(24-11-14-10-16(20)18(21)26(14)2)25-12-17-15-7-5-4-6-13(15)8-9-23-17;/h4-10H,3,11-12H2,1-2H3,(H2,22,24,25);1H. The van der Waals surface area contributed by atoms with Gasteiger partial charge in [0, 0.05) is 30.9 Å². The predicted molar refractivity (Wildman–Crippen MR) is 124 cm³/mol. The number of nitrogens with one attached hydrogen (secondary N) is 2. The third kappa shape index (κ3) is 5.27. The second kappa shape index (κ2) is 10.1. The predicted octanol–water partition coefficient (Wildman–Crippen LogP) is 4.75. The molecular weight excluding hydrogens is 496 g/mol. The van der Waals surface area contributed by atoms with Gasteiger partial charge < -0.3 is 15.2 Å². The summed E-state index contributed by atoms with van der Waals surface area (Å²) in [5, 5.41) is 9.93. The van der Waals surface area contributed by atoms with Crippen LogP contribution < -0.4 is 10.6 Å². The number of nitrogens with zero attached hydrogens (tertiary/aromatic N) is 3. The van der Waals surface area contributed by atoms with Gasteiger partial charge in [-0.3, -0.25) is 4.98 Å². The number of aliphatic imine (C=N–C) groups is 1. The summed E-state index contributed by atoms with van der Waals surface area (Å²) in [6, 6.07) is 12.1. The largest absolute Gasteiger partial charge is 0.357 e. The van der Waals surface area contributed by atoms with Crippen molar-refractivity contribution >= 4 is 63.9 Å². The van der Waals surface area contributed by atoms with E-state index in [1.807, 2.05) is 49.0 Å². The first-order valence-electron chi connectivity index (χ1n) is 8.44. The van der Waals surface area contributed by atoms with E-state index in [0.29, 0.717) is 23.3 Å². The van der Waals surface area contributed by atoms with E-state index in [9.17, 15) is 0 Å². The molecule has 2 aromatic heterocycles. The topological polar surface area (TPSA) is 54.2 Å². The number of guanidine groups is 1. The van der Waals surface area contributed by atoms with Crippen LogP contribution in [-0.2, 0) is 20.1 Å². The number of rotatable bonds is 5. The van der Waals surface area contributed by atoms with Crippen LogP contribution in [0.15, 0.2) is 47.6 Å². The zero-order valence-electron chi connectivity index (χ0n) is 15.2. The van der Waals surface area contributed by atoms with E-state index in [-0.39, 0.29) is 24.0 Å². The maximum Gasteiger partial charge on any atom is 0.191 e. The average molecular weight is 518 g/mol. The second-order valence-electron chi connectivity index (χ2n) is 5.86. The molecule has 2 N–H and O–H groups in total. The van der Waals surface area contributed by atoms with Crippen molar-refractivity contribution in [2.75, 3.05) is 6.54 Å². The summed E-state index contributed by atoms with van der Waals surface area (Å²) in [5.74, 6) is 0.718. The quantitative estimate of drug-likeness (QED) is 0.291. The van der Waals surface area contributed by atoms with Crippen LogP contribution in [0.5, 0.6) is 0 Å². The molecule has 0 amide bonds. The summed E-state index contributed by atoms with van der Waals surface area (Å²) in [7, 11) is 1.88. The number of benzene rings is 1. The molecule has 3 rings (SSSR count). The van der Waals surface area contributed by atoms with E-state index < -0.39 is 0 Å². The summed E-state index contributed by atoms with van der Waals surface area (Å²) in [6.45, 7) is 3.86. The van der Waals surface area contributed by atoms with Crippen molar-refractivity contribution in [2.45, 2.75) is 20.0 Å². The molecule has 8 heteroatoms. The summed E-state index contributed by atoms with van der Waals surface area (Å²) < 4.78 is 1.85. The number of pyridine rings is 1. The Morgan fingerprint density at radius 1 is 1.19 bits per heavy atom. The molecular formula is C19H22Cl2IN5. The molecule has 0 aliphatic carbocycles. The third-order valence-corrected chi connectivity index (χ3v) is 4.98. The molecule has 5 nitrogen and oxygen atoms in total. The van der Waals surface area contributed by atoms with Crippen molar-refractivity contribution in [3.63, 3.8) is 0 Å². The van der Waals surface area contributed by atoms with Gasteiger partial charge in [0.25, 0.3) is 0 Å². The minimum atomic E-state index is 0. The lowest BCUT2D eigenvalue weighted by Crippen LogP contribution is -2.37. The Hall–Kier alpha value is -1.51. The Morgan fingerprint density at radius 2 is 1.96 bits per heavy atom. The highest BCUT2D eigenvalue weighted by Crippen LogP contribution is 2.25. The van der Waals surface area contributed by atoms with E-state index in [2.05, 4.69) is 32.7 Å². The number of aromatic nitrogens is 2. The van der Waals surface area contributed by atoms with E-state index in [4.69, 9.17) is 23.2 Å². The van der Waals surface area contributed by atoms with Crippen LogP contribution in [0.25, 0.3) is 10.8 Å². The normalized spacial score (nSPS) is 11.3. The molecule has 144 valence electrons. The van der Waals surface area contributed by atoms with Crippen molar-refractivity contribution in [3.05, 3.63) is 64.2 Å². The highest BCUT2D eigenvalue weighted by atomic mass is 127. The first-order chi connectivity index (χ1) is 12.6. The molecule has 0 atom stereocenters. The van der Waals surface area contributed by atoms with Gasteiger partial charge in [-0.15, -0.1) is 24.0 Å². The lowest BCUT2D eigenvalue weighted by Gasteiger charge is -2.12. The SMILES string of the molecule is CCNC(=NCc1nccc2ccccc12)NCc1cc(Cl)c(Cl)n1C.I. The van der Waals surface area contributed by atoms with Crippen LogP contribution in [0.2, 0.25) is 10.2 Å². The van der Waals surface area contributed by atoms with Gasteiger partial charge in [0.15, 0.2) is 5.96 Å². The molecule has 0 bridgehead atoms. The van der Waals surface area contributed by atoms with Crippen LogP contribution in [-0.4, -0.2) is 22.1 Å². The molecule has 0 aliphatic rings. The van der Waals surface area contributed by atoms with Gasteiger partial charge in [0.05, 0.1) is 23.8 Å². The molecule has 0 saturated carbocycles. The minimum absolute atomic E-state index is 0. The summed E-state index contributed by atoms with van der Waals surface area (Å²) in [6.07, 6.45) is 1.82. The fourth-order valence-electron chi connectivity index (χ4n) is 2.74. The van der Waals surface area contributed by atoms with Gasteiger partial charge in [-0.05, 0) is 24.4 Å². The van der Waals surface area contributed by atoms with Gasteiger partial charge >= 0.3 is 0 Å². The van der Waals surface area contributed by atoms with Crippen LogP contribution in [0.3, 0.4) is 0 Å². The molecule has 2 heterocycles. The highest BCUT2D eigenvalue weighted by Gasteiger charge is 2.09. The Kier molecular flexibility index (Phi) is 8.19. The fourth-order valence-corrected chi connectivity index (χ4v) is 3.15. The van der Waals surface area contributed by atoms with Crippen LogP contribution >= 0.6 is 47.2 Å². The second-order valence-corrected chi connectivity index (χ2v) is 6.63. The van der Waals surface area contributed by atoms with Gasteiger partial charge in [0.1, 0.15) is 5.15 Å². The third-order valence-electron chi connectivity index (χ3n) is 4.14. The molecule has 0 spiro atoms. The molecule has 27 heavy (non-hydrogen) atoms. The molecule has 0 radical (unpaired) electrons. The van der Waals surface area contributed by atoms with Crippen LogP contribution in [0.4, 0.5) is 0 Å². The highest BCUT2D eigenvalue weighted by molar-refractivity contribution is 14.0. The molecule has 3 aromatic rings. The Labute approximate surface area is 186 Å². The minimum Gasteiger partial charge on any atom is -0.357 e. The Balaban J connectivity index is 0.00000261.